The molecule has 2 N–H and O–H groups in total. The van der Waals surface area contributed by atoms with Gasteiger partial charge in [-0.05, 0) is 6.07 Å². The summed E-state index contributed by atoms with van der Waals surface area (Å²) >= 11 is 6.16. The van der Waals surface area contributed by atoms with E-state index in [9.17, 15) is 4.79 Å². The fourth-order valence-corrected chi connectivity index (χ4v) is 2.06. The van der Waals surface area contributed by atoms with Crippen molar-refractivity contribution in [1.82, 2.24) is 10.1 Å². The summed E-state index contributed by atoms with van der Waals surface area (Å²) in [5.74, 6) is -0.492. The molecule has 108 valence electrons. The van der Waals surface area contributed by atoms with Gasteiger partial charge in [-0.25, -0.2) is 5.12 Å². The molecule has 0 spiro atoms. The van der Waals surface area contributed by atoms with Crippen LogP contribution in [0.5, 0.6) is 0 Å². The van der Waals surface area contributed by atoms with E-state index in [1.807, 2.05) is 25.2 Å². The largest absolute Gasteiger partial charge is 0.454 e. The number of ether oxygens (including phenoxy) is 1. The molecular formula is C12H16ClN5O2. The van der Waals surface area contributed by atoms with Gasteiger partial charge < -0.3 is 10.5 Å². The molecule has 0 saturated heterocycles. The van der Waals surface area contributed by atoms with Crippen LogP contribution >= 0.6 is 11.6 Å². The number of rotatable bonds is 5. The van der Waals surface area contributed by atoms with Crippen molar-refractivity contribution in [2.24, 2.45) is 16.1 Å². The normalized spacial score (nSPS) is 16.4. The molecule has 0 amide bonds. The zero-order valence-electron chi connectivity index (χ0n) is 11.1. The van der Waals surface area contributed by atoms with Crippen LogP contribution in [0.2, 0.25) is 5.02 Å². The minimum atomic E-state index is -0.556. The molecule has 1 aromatic rings. The molecule has 0 fully saturated rings. The first-order valence-electron chi connectivity index (χ1n) is 6.11. The number of halogens is 1. The van der Waals surface area contributed by atoms with Crippen LogP contribution in [-0.4, -0.2) is 42.9 Å². The molecule has 1 aliphatic rings. The fraction of sp³-hybridized carbons (Fsp3) is 0.417. The predicted molar refractivity (Wildman–Crippen MR) is 73.5 cm³/mol. The summed E-state index contributed by atoms with van der Waals surface area (Å²) < 4.78 is 5.36. The highest BCUT2D eigenvalue weighted by atomic mass is 35.5. The maximum atomic E-state index is 11.5. The highest BCUT2D eigenvalue weighted by molar-refractivity contribution is 6.31. The first-order chi connectivity index (χ1) is 9.61. The summed E-state index contributed by atoms with van der Waals surface area (Å²) in [6.07, 6.45) is -0.556. The van der Waals surface area contributed by atoms with Crippen LogP contribution in [-0.2, 0) is 9.53 Å². The molecule has 0 saturated carbocycles. The van der Waals surface area contributed by atoms with Crippen LogP contribution in [0, 0.1) is 0 Å². The molecule has 2 rings (SSSR count). The van der Waals surface area contributed by atoms with Gasteiger partial charge in [0.15, 0.2) is 0 Å². The number of hydrogen-bond donors (Lipinski definition) is 1. The molecule has 0 radical (unpaired) electrons. The molecule has 20 heavy (non-hydrogen) atoms. The second-order valence-corrected chi connectivity index (χ2v) is 4.70. The Hall–Kier alpha value is -1.70. The number of hydrogen-bond acceptors (Lipinski definition) is 7. The Kier molecular flexibility index (Phi) is 4.89. The van der Waals surface area contributed by atoms with Crippen LogP contribution in [0.4, 0.5) is 0 Å². The molecule has 0 aliphatic carbocycles. The van der Waals surface area contributed by atoms with E-state index >= 15 is 0 Å². The van der Waals surface area contributed by atoms with E-state index in [4.69, 9.17) is 22.1 Å². The summed E-state index contributed by atoms with van der Waals surface area (Å²) in [5, 5.41) is 11.8. The van der Waals surface area contributed by atoms with E-state index in [0.717, 1.165) is 0 Å². The lowest BCUT2D eigenvalue weighted by Gasteiger charge is -2.26. The minimum absolute atomic E-state index is 0.182. The van der Waals surface area contributed by atoms with Gasteiger partial charge in [-0.1, -0.05) is 35.0 Å². The van der Waals surface area contributed by atoms with Crippen molar-refractivity contribution in [3.05, 3.63) is 34.9 Å². The Labute approximate surface area is 121 Å². The van der Waals surface area contributed by atoms with Crippen molar-refractivity contribution >= 4 is 17.6 Å². The number of benzene rings is 1. The minimum Gasteiger partial charge on any atom is -0.454 e. The topological polar surface area (TPSA) is 83.5 Å². The van der Waals surface area contributed by atoms with E-state index in [1.54, 1.807) is 16.2 Å². The molecule has 0 bridgehead atoms. The van der Waals surface area contributed by atoms with E-state index < -0.39 is 12.1 Å². The lowest BCUT2D eigenvalue weighted by atomic mass is 10.1. The standard InChI is InChI=1S/C12H16ClN5O2/c1-17-8-15-16-18(17)7-11(20-12(19)6-14)9-4-2-3-5-10(9)13/h2-5,11H,6-8,14H2,1H3. The van der Waals surface area contributed by atoms with Gasteiger partial charge >= 0.3 is 5.97 Å². The second kappa shape index (κ2) is 6.65. The quantitative estimate of drug-likeness (QED) is 0.830. The zero-order valence-corrected chi connectivity index (χ0v) is 11.8. The third-order valence-corrected chi connectivity index (χ3v) is 3.19. The Morgan fingerprint density at radius 3 is 2.90 bits per heavy atom. The third-order valence-electron chi connectivity index (χ3n) is 2.85. The highest BCUT2D eigenvalue weighted by Crippen LogP contribution is 2.27. The Balaban J connectivity index is 2.18. The number of esters is 1. The van der Waals surface area contributed by atoms with Crippen LogP contribution in [0.3, 0.4) is 0 Å². The maximum absolute atomic E-state index is 11.5. The summed E-state index contributed by atoms with van der Waals surface area (Å²) in [6.45, 7) is 0.619. The van der Waals surface area contributed by atoms with Gasteiger partial charge in [-0.2, -0.15) is 10.1 Å². The van der Waals surface area contributed by atoms with E-state index in [1.165, 1.54) is 0 Å². The fourth-order valence-electron chi connectivity index (χ4n) is 1.80. The third kappa shape index (κ3) is 3.44. The number of carbonyl (C=O) groups is 1. The summed E-state index contributed by atoms with van der Waals surface area (Å²) in [7, 11) is 1.84. The van der Waals surface area contributed by atoms with Gasteiger partial charge in [-0.15, -0.1) is 0 Å². The molecule has 1 aromatic carbocycles. The van der Waals surface area contributed by atoms with Gasteiger partial charge in [0.1, 0.15) is 12.8 Å². The van der Waals surface area contributed by atoms with Crippen LogP contribution in [0.25, 0.3) is 0 Å². The first-order valence-corrected chi connectivity index (χ1v) is 6.49. The lowest BCUT2D eigenvalue weighted by Crippen LogP contribution is -2.36. The molecule has 1 atom stereocenters. The number of nitrogens with zero attached hydrogens (tertiary/aromatic N) is 4. The summed E-state index contributed by atoms with van der Waals surface area (Å²) in [4.78, 5) is 11.5. The Bertz CT molecular complexity index is 510. The zero-order chi connectivity index (χ0) is 14.5. The molecule has 8 heteroatoms. The summed E-state index contributed by atoms with van der Waals surface area (Å²) in [6, 6.07) is 7.20. The van der Waals surface area contributed by atoms with Gasteiger partial charge in [0, 0.05) is 17.6 Å². The smallest absolute Gasteiger partial charge is 0.320 e. The SMILES string of the molecule is CN1CN=NN1CC(OC(=O)CN)c1ccccc1Cl. The van der Waals surface area contributed by atoms with E-state index in [0.29, 0.717) is 23.8 Å². The number of nitrogens with two attached hydrogens (primary N) is 1. The van der Waals surface area contributed by atoms with Gasteiger partial charge in [0.2, 0.25) is 0 Å². The van der Waals surface area contributed by atoms with Crippen molar-refractivity contribution in [2.45, 2.75) is 6.10 Å². The van der Waals surface area contributed by atoms with Crippen molar-refractivity contribution in [1.29, 1.82) is 0 Å². The monoisotopic (exact) mass is 297 g/mol. The van der Waals surface area contributed by atoms with Crippen LogP contribution in [0.1, 0.15) is 11.7 Å². The van der Waals surface area contributed by atoms with E-state index in [-0.39, 0.29) is 6.54 Å². The highest BCUT2D eigenvalue weighted by Gasteiger charge is 2.25. The first kappa shape index (κ1) is 14.7. The number of carbonyl (C=O) groups excluding carboxylic acids is 1. The average Bonchev–Trinajstić information content (AvgIpc) is 2.84. The Morgan fingerprint density at radius 2 is 2.30 bits per heavy atom. The van der Waals surface area contributed by atoms with Crippen LogP contribution < -0.4 is 5.73 Å². The molecule has 1 heterocycles. The molecule has 1 aliphatic heterocycles. The molecule has 7 nitrogen and oxygen atoms in total. The molecule has 1 unspecified atom stereocenters. The number of hydrazine groups is 1. The summed E-state index contributed by atoms with van der Waals surface area (Å²) in [5.41, 5.74) is 6.01. The second-order valence-electron chi connectivity index (χ2n) is 4.29. The molecular weight excluding hydrogens is 282 g/mol. The van der Waals surface area contributed by atoms with Crippen molar-refractivity contribution < 1.29 is 9.53 Å². The van der Waals surface area contributed by atoms with Crippen molar-refractivity contribution in [2.75, 3.05) is 26.8 Å². The van der Waals surface area contributed by atoms with Crippen molar-refractivity contribution in [3.8, 4) is 0 Å². The van der Waals surface area contributed by atoms with Crippen molar-refractivity contribution in [3.63, 3.8) is 0 Å². The Morgan fingerprint density at radius 1 is 1.55 bits per heavy atom. The van der Waals surface area contributed by atoms with Gasteiger partial charge in [0.25, 0.3) is 0 Å². The molecule has 0 aromatic heterocycles. The van der Waals surface area contributed by atoms with E-state index in [2.05, 4.69) is 10.3 Å². The van der Waals surface area contributed by atoms with Crippen LogP contribution in [0.15, 0.2) is 34.6 Å². The maximum Gasteiger partial charge on any atom is 0.320 e. The predicted octanol–water partition coefficient (Wildman–Crippen LogP) is 1.37. The lowest BCUT2D eigenvalue weighted by molar-refractivity contribution is -0.150. The van der Waals surface area contributed by atoms with Gasteiger partial charge in [0.05, 0.1) is 13.1 Å². The average molecular weight is 298 g/mol. The van der Waals surface area contributed by atoms with Gasteiger partial charge in [-0.3, -0.25) is 4.79 Å².